The van der Waals surface area contributed by atoms with Crippen LogP contribution in [0, 0.1) is 0 Å². The quantitative estimate of drug-likeness (QED) is 0.240. The number of benzene rings is 1. The number of allylic oxidation sites excluding steroid dienone is 1. The average molecular weight is 506 g/mol. The number of nitrogens with one attached hydrogen (secondary N) is 1. The molecule has 0 spiro atoms. The number of amidine groups is 1. The minimum atomic E-state index is -4.47. The van der Waals surface area contributed by atoms with E-state index in [-0.39, 0.29) is 23.4 Å². The second-order valence-corrected chi connectivity index (χ2v) is 9.09. The summed E-state index contributed by atoms with van der Waals surface area (Å²) in [4.78, 5) is 4.33. The van der Waals surface area contributed by atoms with Crippen LogP contribution in [0.5, 0.6) is 0 Å². The number of piperazine rings is 1. The predicted molar refractivity (Wildman–Crippen MR) is 115 cm³/mol. The summed E-state index contributed by atoms with van der Waals surface area (Å²) in [5.74, 6) is 0.371. The number of nitrogens with zero attached hydrogens (tertiary/aromatic N) is 3. The smallest absolute Gasteiger partial charge is 0.355 e. The molecule has 0 bridgehead atoms. The summed E-state index contributed by atoms with van der Waals surface area (Å²) in [6.45, 7) is 6.50. The Bertz CT molecular complexity index is 823. The lowest BCUT2D eigenvalue weighted by Crippen LogP contribution is -2.45. The summed E-state index contributed by atoms with van der Waals surface area (Å²) < 4.78 is 42.1. The molecule has 0 radical (unpaired) electrons. The number of likely N-dealkylation sites (N-methyl/N-ethyl adjacent to an activating group) is 1. The molecule has 172 valence electrons. The summed E-state index contributed by atoms with van der Waals surface area (Å²) in [6, 6.07) is 4.27. The van der Waals surface area contributed by atoms with E-state index in [1.807, 2.05) is 4.90 Å². The van der Waals surface area contributed by atoms with E-state index < -0.39 is 18.0 Å². The lowest BCUT2D eigenvalue weighted by Gasteiger charge is -2.34. The van der Waals surface area contributed by atoms with Crippen molar-refractivity contribution in [3.8, 4) is 0 Å². The number of aliphatic hydroxyl groups excluding tert-OH is 1. The van der Waals surface area contributed by atoms with Gasteiger partial charge >= 0.3 is 6.18 Å². The van der Waals surface area contributed by atoms with E-state index in [0.717, 1.165) is 43.5 Å². The maximum Gasteiger partial charge on any atom is 0.416 e. The van der Waals surface area contributed by atoms with Crippen LogP contribution in [0.25, 0.3) is 0 Å². The van der Waals surface area contributed by atoms with Crippen LogP contribution in [0.1, 0.15) is 30.0 Å². The van der Waals surface area contributed by atoms with Crippen molar-refractivity contribution in [2.45, 2.75) is 43.5 Å². The third kappa shape index (κ3) is 6.68. The van der Waals surface area contributed by atoms with E-state index in [9.17, 15) is 23.5 Å². The van der Waals surface area contributed by atoms with Gasteiger partial charge in [0, 0.05) is 44.0 Å². The van der Waals surface area contributed by atoms with Crippen LogP contribution < -0.4 is 5.32 Å². The minimum Gasteiger partial charge on any atom is -0.355 e. The van der Waals surface area contributed by atoms with E-state index in [1.54, 1.807) is 12.1 Å². The number of hydrogen-bond acceptors (Lipinski definition) is 5. The minimum absolute atomic E-state index is 0.000841. The molecule has 3 N–H and O–H groups in total. The number of rotatable bonds is 6. The fourth-order valence-corrected chi connectivity index (χ4v) is 4.30. The third-order valence-corrected chi connectivity index (χ3v) is 6.28. The number of aliphatic hydroxyl groups is 1. The van der Waals surface area contributed by atoms with Crippen molar-refractivity contribution in [1.82, 2.24) is 15.1 Å². The molecule has 2 aliphatic rings. The van der Waals surface area contributed by atoms with E-state index in [2.05, 4.69) is 33.1 Å². The van der Waals surface area contributed by atoms with Gasteiger partial charge in [-0.3, -0.25) is 4.90 Å². The van der Waals surface area contributed by atoms with Crippen LogP contribution in [-0.2, 0) is 19.1 Å². The van der Waals surface area contributed by atoms with Crippen molar-refractivity contribution in [1.29, 1.82) is 0 Å². The highest BCUT2D eigenvalue weighted by atomic mass is 79.9. The molecule has 3 rings (SSSR count). The molecule has 2 heterocycles. The lowest BCUT2D eigenvalue weighted by atomic mass is 10.0. The van der Waals surface area contributed by atoms with Gasteiger partial charge in [0.25, 0.3) is 5.84 Å². The molecule has 0 amide bonds. The summed E-state index contributed by atoms with van der Waals surface area (Å²) in [6.07, 6.45) is -2.02. The maximum atomic E-state index is 13.7. The highest BCUT2D eigenvalue weighted by molar-refractivity contribution is 9.09. The number of hydrogen-bond donors (Lipinski definition) is 3. The van der Waals surface area contributed by atoms with Gasteiger partial charge in [0.15, 0.2) is 6.23 Å². The molecular weight excluding hydrogens is 477 g/mol. The van der Waals surface area contributed by atoms with Crippen molar-refractivity contribution in [2.75, 3.05) is 32.7 Å². The lowest BCUT2D eigenvalue weighted by molar-refractivity contribution is -0.728. The van der Waals surface area contributed by atoms with E-state index in [4.69, 9.17) is 0 Å². The topological polar surface area (TPSA) is 62.0 Å². The summed E-state index contributed by atoms with van der Waals surface area (Å²) in [5, 5.41) is 22.9. The summed E-state index contributed by atoms with van der Waals surface area (Å²) >= 11 is 3.40. The molecule has 2 atom stereocenters. The van der Waals surface area contributed by atoms with Crippen molar-refractivity contribution in [3.05, 3.63) is 47.2 Å². The Morgan fingerprint density at radius 3 is 2.55 bits per heavy atom. The van der Waals surface area contributed by atoms with Crippen molar-refractivity contribution >= 4 is 21.8 Å². The first-order chi connectivity index (χ1) is 14.7. The van der Waals surface area contributed by atoms with Crippen LogP contribution in [-0.4, -0.2) is 74.5 Å². The molecule has 1 aromatic rings. The average Bonchev–Trinajstić information content (AvgIpc) is 2.71. The van der Waals surface area contributed by atoms with Crippen LogP contribution in [0.2, 0.25) is 0 Å². The second-order valence-electron chi connectivity index (χ2n) is 7.92. The summed E-state index contributed by atoms with van der Waals surface area (Å²) in [7, 11) is 0. The Morgan fingerprint density at radius 2 is 1.90 bits per heavy atom. The molecule has 0 aliphatic carbocycles. The van der Waals surface area contributed by atoms with Crippen LogP contribution in [0.15, 0.2) is 30.5 Å². The molecule has 2 aliphatic heterocycles. The number of hydroxylamine groups is 1. The zero-order valence-electron chi connectivity index (χ0n) is 17.4. The van der Waals surface area contributed by atoms with Crippen LogP contribution in [0.3, 0.4) is 0 Å². The number of halogens is 4. The molecule has 2 unspecified atom stereocenters. The van der Waals surface area contributed by atoms with Gasteiger partial charge in [-0.1, -0.05) is 39.7 Å². The molecule has 1 aromatic carbocycles. The monoisotopic (exact) mass is 505 g/mol. The Morgan fingerprint density at radius 1 is 1.23 bits per heavy atom. The Kier molecular flexibility index (Phi) is 8.01. The first-order valence-corrected chi connectivity index (χ1v) is 11.3. The molecule has 0 aromatic heterocycles. The van der Waals surface area contributed by atoms with Crippen molar-refractivity contribution in [3.63, 3.8) is 0 Å². The van der Waals surface area contributed by atoms with Gasteiger partial charge in [-0.2, -0.15) is 13.2 Å². The normalized spacial score (nSPS) is 22.1. The SMILES string of the molecule is CCN1CCN(Cc2ccc(CC(O)NC3=[N+](O)C=CC(Br)C3)cc2C(F)(F)F)CC1. The zero-order valence-corrected chi connectivity index (χ0v) is 19.0. The van der Waals surface area contributed by atoms with E-state index in [0.29, 0.717) is 17.8 Å². The fraction of sp³-hybridized carbons (Fsp3) is 0.571. The maximum absolute atomic E-state index is 13.7. The molecule has 6 nitrogen and oxygen atoms in total. The first kappa shape index (κ1) is 24.0. The van der Waals surface area contributed by atoms with E-state index >= 15 is 0 Å². The van der Waals surface area contributed by atoms with Gasteiger partial charge < -0.3 is 15.2 Å². The first-order valence-electron chi connectivity index (χ1n) is 10.4. The molecule has 1 fully saturated rings. The highest BCUT2D eigenvalue weighted by Crippen LogP contribution is 2.33. The van der Waals surface area contributed by atoms with Crippen molar-refractivity contribution < 1.29 is 28.2 Å². The zero-order chi connectivity index (χ0) is 22.6. The Labute approximate surface area is 188 Å². The molecule has 1 saturated heterocycles. The highest BCUT2D eigenvalue weighted by Gasteiger charge is 2.34. The summed E-state index contributed by atoms with van der Waals surface area (Å²) in [5.41, 5.74) is -0.0366. The third-order valence-electron chi connectivity index (χ3n) is 5.65. The van der Waals surface area contributed by atoms with Gasteiger partial charge in [0.1, 0.15) is 6.20 Å². The van der Waals surface area contributed by atoms with Crippen LogP contribution >= 0.6 is 15.9 Å². The van der Waals surface area contributed by atoms with Crippen LogP contribution in [0.4, 0.5) is 13.2 Å². The van der Waals surface area contributed by atoms with Gasteiger partial charge in [-0.05, 0) is 29.8 Å². The van der Waals surface area contributed by atoms with E-state index in [1.165, 1.54) is 12.3 Å². The van der Waals surface area contributed by atoms with Gasteiger partial charge in [0.05, 0.1) is 12.0 Å². The Balaban J connectivity index is 1.69. The standard InChI is InChI=1S/C21H28BrF3N4O2/c1-2-27-7-9-28(10-8-27)14-16-4-3-15(11-18(16)21(23,24)25)12-20(30)26-19-13-17(22)5-6-29(19)31/h3-6,11,17,20,30-31H,2,7-10,12-14H2,1H3/p+1. The van der Waals surface area contributed by atoms with Gasteiger partial charge in [-0.25, -0.2) is 5.32 Å². The molecule has 10 heteroatoms. The molecule has 0 saturated carbocycles. The number of alkyl halides is 4. The fourth-order valence-electron chi connectivity index (χ4n) is 3.86. The van der Waals surface area contributed by atoms with Gasteiger partial charge in [-0.15, -0.1) is 0 Å². The van der Waals surface area contributed by atoms with Crippen molar-refractivity contribution in [2.24, 2.45) is 0 Å². The molecule has 31 heavy (non-hydrogen) atoms. The largest absolute Gasteiger partial charge is 0.416 e. The molecular formula is C21H29BrF3N4O2+. The Hall–Kier alpha value is -1.62. The van der Waals surface area contributed by atoms with Gasteiger partial charge in [0.2, 0.25) is 0 Å². The predicted octanol–water partition coefficient (Wildman–Crippen LogP) is 2.77. The second kappa shape index (κ2) is 10.3.